The lowest BCUT2D eigenvalue weighted by molar-refractivity contribution is -0.351. The predicted molar refractivity (Wildman–Crippen MR) is 84.7 cm³/mol. The fourth-order valence-corrected chi connectivity index (χ4v) is 3.71. The highest BCUT2D eigenvalue weighted by atomic mass is 79.9. The van der Waals surface area contributed by atoms with Gasteiger partial charge in [0, 0.05) is 17.6 Å². The zero-order valence-corrected chi connectivity index (χ0v) is 15.2. The minimum absolute atomic E-state index is 0.120. The van der Waals surface area contributed by atoms with Crippen molar-refractivity contribution in [3.8, 4) is 0 Å². The van der Waals surface area contributed by atoms with Crippen molar-refractivity contribution in [2.45, 2.75) is 36.7 Å². The van der Waals surface area contributed by atoms with Gasteiger partial charge in [-0.1, -0.05) is 15.9 Å². The number of hydrogen-bond acceptors (Lipinski definition) is 4. The molecule has 1 aliphatic carbocycles. The van der Waals surface area contributed by atoms with Crippen molar-refractivity contribution in [3.63, 3.8) is 0 Å². The number of fused-ring (bicyclic) bond motifs is 1. The van der Waals surface area contributed by atoms with Crippen LogP contribution in [0.1, 0.15) is 29.0 Å². The maximum absolute atomic E-state index is 12.4. The van der Waals surface area contributed by atoms with Crippen molar-refractivity contribution in [1.29, 1.82) is 0 Å². The molecule has 0 atom stereocenters. The highest BCUT2D eigenvalue weighted by molar-refractivity contribution is 9.11. The molecular formula is C13H11Br2F3N4O2. The number of halogens is 5. The fraction of sp³-hybridized carbons (Fsp3) is 0.462. The number of nitrogens with one attached hydrogen (secondary N) is 1. The second kappa shape index (κ2) is 6.60. The lowest BCUT2D eigenvalue weighted by Crippen LogP contribution is -2.49. The summed E-state index contributed by atoms with van der Waals surface area (Å²) >= 11 is 6.68. The first-order valence-corrected chi connectivity index (χ1v) is 8.83. The lowest BCUT2D eigenvalue weighted by atomic mass is 9.89. The third kappa shape index (κ3) is 3.57. The van der Waals surface area contributed by atoms with E-state index < -0.39 is 18.4 Å². The molecule has 1 aliphatic rings. The largest absolute Gasteiger partial charge is 0.522 e. The van der Waals surface area contributed by atoms with Crippen LogP contribution >= 0.6 is 31.9 Å². The Hall–Kier alpha value is -1.20. The molecule has 0 aliphatic heterocycles. The van der Waals surface area contributed by atoms with Gasteiger partial charge in [0.15, 0.2) is 5.65 Å². The molecule has 0 radical (unpaired) electrons. The van der Waals surface area contributed by atoms with Gasteiger partial charge in [0.05, 0.1) is 16.3 Å². The minimum atomic E-state index is -4.65. The molecule has 1 amide bonds. The first-order valence-electron chi connectivity index (χ1n) is 6.92. The third-order valence-corrected chi connectivity index (χ3v) is 4.96. The number of hydrogen-bond donors (Lipinski definition) is 1. The van der Waals surface area contributed by atoms with Crippen molar-refractivity contribution in [2.24, 2.45) is 0 Å². The van der Waals surface area contributed by atoms with Crippen LogP contribution in [-0.4, -0.2) is 39.0 Å². The van der Waals surface area contributed by atoms with Crippen LogP contribution in [0.2, 0.25) is 0 Å². The van der Waals surface area contributed by atoms with Crippen LogP contribution in [0.3, 0.4) is 0 Å². The van der Waals surface area contributed by atoms with E-state index in [1.54, 1.807) is 0 Å². The van der Waals surface area contributed by atoms with Crippen molar-refractivity contribution in [2.75, 3.05) is 0 Å². The number of alkyl halides is 4. The van der Waals surface area contributed by atoms with Gasteiger partial charge >= 0.3 is 6.36 Å². The molecule has 3 rings (SSSR count). The van der Waals surface area contributed by atoms with Gasteiger partial charge in [-0.25, -0.2) is 9.50 Å². The third-order valence-electron chi connectivity index (χ3n) is 3.62. The molecule has 2 heterocycles. The number of amides is 1. The van der Waals surface area contributed by atoms with Gasteiger partial charge in [0.2, 0.25) is 0 Å². The summed E-state index contributed by atoms with van der Waals surface area (Å²) in [5.41, 5.74) is 1.43. The summed E-state index contributed by atoms with van der Waals surface area (Å²) < 4.78 is 42.3. The molecule has 6 nitrogen and oxygen atoms in total. The van der Waals surface area contributed by atoms with Crippen LogP contribution in [0, 0.1) is 0 Å². The summed E-state index contributed by atoms with van der Waals surface area (Å²) in [7, 11) is 0. The van der Waals surface area contributed by atoms with E-state index in [4.69, 9.17) is 0 Å². The molecule has 11 heteroatoms. The molecule has 1 fully saturated rings. The Morgan fingerprint density at radius 3 is 2.79 bits per heavy atom. The van der Waals surface area contributed by atoms with Gasteiger partial charge in [-0.3, -0.25) is 9.53 Å². The summed E-state index contributed by atoms with van der Waals surface area (Å²) in [6.07, 6.45) is -3.84. The quantitative estimate of drug-likeness (QED) is 0.695. The topological polar surface area (TPSA) is 68.5 Å². The van der Waals surface area contributed by atoms with Crippen LogP contribution in [-0.2, 0) is 10.1 Å². The van der Waals surface area contributed by atoms with Crippen LogP contribution in [0.5, 0.6) is 0 Å². The second-order valence-electron chi connectivity index (χ2n) is 5.29. The van der Waals surface area contributed by atoms with E-state index in [2.05, 4.69) is 52.0 Å². The molecule has 1 saturated carbocycles. The zero-order valence-electron chi connectivity index (χ0n) is 12.0. The number of carbonyl (C=O) groups excluding carboxylic acids is 1. The Morgan fingerprint density at radius 2 is 2.17 bits per heavy atom. The SMILES string of the molecule is O=C(NC1CC(OC(F)(F)F)C1)c1ccnc2c(Br)c(CBr)nn12. The van der Waals surface area contributed by atoms with Gasteiger partial charge in [0.25, 0.3) is 5.91 Å². The highest BCUT2D eigenvalue weighted by Crippen LogP contribution is 2.30. The van der Waals surface area contributed by atoms with Crippen LogP contribution in [0.25, 0.3) is 5.65 Å². The van der Waals surface area contributed by atoms with Gasteiger partial charge in [-0.15, -0.1) is 13.2 Å². The van der Waals surface area contributed by atoms with Crippen LogP contribution in [0.4, 0.5) is 13.2 Å². The molecule has 130 valence electrons. The average molecular weight is 472 g/mol. The second-order valence-corrected chi connectivity index (χ2v) is 6.64. The Kier molecular flexibility index (Phi) is 4.85. The molecule has 0 unspecified atom stereocenters. The Balaban J connectivity index is 1.70. The number of ether oxygens (including phenoxy) is 1. The van der Waals surface area contributed by atoms with Crippen LogP contribution in [0.15, 0.2) is 16.7 Å². The monoisotopic (exact) mass is 470 g/mol. The summed E-state index contributed by atoms with van der Waals surface area (Å²) in [4.78, 5) is 16.5. The lowest BCUT2D eigenvalue weighted by Gasteiger charge is -2.35. The standard InChI is InChI=1S/C13H11Br2F3N4O2/c14-5-8-10(15)11-19-2-1-9(22(11)21-8)12(23)20-6-3-7(4-6)24-13(16,17)18/h1-2,6-7H,3-5H2,(H,20,23). The number of rotatable bonds is 4. The maximum atomic E-state index is 12.4. The fourth-order valence-electron chi connectivity index (χ4n) is 2.45. The van der Waals surface area contributed by atoms with Gasteiger partial charge in [-0.2, -0.15) is 5.10 Å². The molecule has 0 saturated heterocycles. The molecular weight excluding hydrogens is 461 g/mol. The first-order chi connectivity index (χ1) is 11.3. The summed E-state index contributed by atoms with van der Waals surface area (Å²) in [6.45, 7) is 0. The van der Waals surface area contributed by atoms with E-state index in [0.29, 0.717) is 21.1 Å². The van der Waals surface area contributed by atoms with E-state index in [1.165, 1.54) is 16.8 Å². The molecule has 0 spiro atoms. The summed E-state index contributed by atoms with van der Waals surface area (Å²) in [6, 6.07) is 1.14. The molecule has 2 aromatic heterocycles. The van der Waals surface area contributed by atoms with Crippen LogP contribution < -0.4 is 5.32 Å². The van der Waals surface area contributed by atoms with Crippen molar-refractivity contribution in [3.05, 3.63) is 28.1 Å². The Labute approximate surface area is 151 Å². The van der Waals surface area contributed by atoms with E-state index in [1.807, 2.05) is 0 Å². The van der Waals surface area contributed by atoms with Crippen molar-refractivity contribution < 1.29 is 22.7 Å². The minimum Gasteiger partial charge on any atom is -0.348 e. The van der Waals surface area contributed by atoms with E-state index in [0.717, 1.165) is 0 Å². The van der Waals surface area contributed by atoms with Gasteiger partial charge in [-0.05, 0) is 34.8 Å². The number of nitrogens with zero attached hydrogens (tertiary/aromatic N) is 3. The van der Waals surface area contributed by atoms with Gasteiger partial charge < -0.3 is 5.32 Å². The Bertz CT molecular complexity index is 774. The first kappa shape index (κ1) is 17.6. The highest BCUT2D eigenvalue weighted by Gasteiger charge is 2.40. The summed E-state index contributed by atoms with van der Waals surface area (Å²) in [5, 5.41) is 7.46. The molecule has 0 aromatic carbocycles. The number of carbonyl (C=O) groups is 1. The van der Waals surface area contributed by atoms with Crippen molar-refractivity contribution in [1.82, 2.24) is 19.9 Å². The zero-order chi connectivity index (χ0) is 17.5. The van der Waals surface area contributed by atoms with E-state index in [-0.39, 0.29) is 24.6 Å². The van der Waals surface area contributed by atoms with Crippen molar-refractivity contribution >= 4 is 43.4 Å². The number of aromatic nitrogens is 3. The van der Waals surface area contributed by atoms with E-state index in [9.17, 15) is 18.0 Å². The molecule has 0 bridgehead atoms. The smallest absolute Gasteiger partial charge is 0.348 e. The maximum Gasteiger partial charge on any atom is 0.522 e. The molecule has 1 N–H and O–H groups in total. The predicted octanol–water partition coefficient (Wildman–Crippen LogP) is 3.18. The summed E-state index contributed by atoms with van der Waals surface area (Å²) in [5.74, 6) is -0.422. The van der Waals surface area contributed by atoms with Gasteiger partial charge in [0.1, 0.15) is 5.69 Å². The van der Waals surface area contributed by atoms with E-state index >= 15 is 0 Å². The Morgan fingerprint density at radius 1 is 1.46 bits per heavy atom. The average Bonchev–Trinajstić information content (AvgIpc) is 2.80. The molecule has 24 heavy (non-hydrogen) atoms. The normalized spacial score (nSPS) is 20.9. The molecule has 2 aromatic rings.